The number of hydrogen-bond acceptors (Lipinski definition) is 6. The highest BCUT2D eigenvalue weighted by atomic mass is 32.2. The Hall–Kier alpha value is -2.10. The summed E-state index contributed by atoms with van der Waals surface area (Å²) in [6, 6.07) is 8.50. The normalized spacial score (nSPS) is 20.7. The zero-order valence-electron chi connectivity index (χ0n) is 15.8. The van der Waals surface area contributed by atoms with Crippen molar-refractivity contribution in [2.45, 2.75) is 25.0 Å². The molecule has 148 valence electrons. The molecule has 1 aromatic carbocycles. The SMILES string of the molecule is COC[C@@H]1C[C@H](n2cc(NS(C)(=O)=O)cn2)CN1Cc1ccc(OC)cc1. The van der Waals surface area contributed by atoms with E-state index in [1.54, 1.807) is 26.6 Å². The van der Waals surface area contributed by atoms with Crippen LogP contribution in [0.3, 0.4) is 0 Å². The lowest BCUT2D eigenvalue weighted by molar-refractivity contribution is 0.112. The van der Waals surface area contributed by atoms with Gasteiger partial charge in [0, 0.05) is 32.4 Å². The number of nitrogens with zero attached hydrogens (tertiary/aromatic N) is 3. The molecule has 1 fully saturated rings. The van der Waals surface area contributed by atoms with Crippen molar-refractivity contribution < 1.29 is 17.9 Å². The summed E-state index contributed by atoms with van der Waals surface area (Å²) < 4.78 is 37.7. The highest BCUT2D eigenvalue weighted by Crippen LogP contribution is 2.29. The number of rotatable bonds is 8. The molecule has 0 amide bonds. The number of nitrogens with one attached hydrogen (secondary N) is 1. The van der Waals surface area contributed by atoms with Gasteiger partial charge in [0.05, 0.1) is 37.9 Å². The number of benzene rings is 1. The van der Waals surface area contributed by atoms with Crippen molar-refractivity contribution >= 4 is 15.7 Å². The highest BCUT2D eigenvalue weighted by molar-refractivity contribution is 7.92. The van der Waals surface area contributed by atoms with Gasteiger partial charge in [-0.3, -0.25) is 14.3 Å². The van der Waals surface area contributed by atoms with Gasteiger partial charge in [0.25, 0.3) is 0 Å². The molecule has 1 aliphatic rings. The van der Waals surface area contributed by atoms with Crippen molar-refractivity contribution in [3.8, 4) is 5.75 Å². The summed E-state index contributed by atoms with van der Waals surface area (Å²) in [6.45, 7) is 2.27. The molecule has 0 radical (unpaired) electrons. The lowest BCUT2D eigenvalue weighted by atomic mass is 10.1. The molecule has 1 aromatic heterocycles. The fourth-order valence-electron chi connectivity index (χ4n) is 3.48. The quantitative estimate of drug-likeness (QED) is 0.734. The summed E-state index contributed by atoms with van der Waals surface area (Å²) >= 11 is 0. The van der Waals surface area contributed by atoms with Crippen LogP contribution in [0.1, 0.15) is 18.0 Å². The minimum absolute atomic E-state index is 0.165. The Morgan fingerprint density at radius 3 is 2.63 bits per heavy atom. The summed E-state index contributed by atoms with van der Waals surface area (Å²) in [5, 5.41) is 4.35. The van der Waals surface area contributed by atoms with Gasteiger partial charge in [-0.25, -0.2) is 8.42 Å². The average Bonchev–Trinajstić information content (AvgIpc) is 3.22. The summed E-state index contributed by atoms with van der Waals surface area (Å²) in [5.74, 6) is 0.842. The van der Waals surface area contributed by atoms with Crippen LogP contribution in [0, 0.1) is 0 Å². The monoisotopic (exact) mass is 394 g/mol. The van der Waals surface area contributed by atoms with E-state index in [9.17, 15) is 8.42 Å². The zero-order valence-corrected chi connectivity index (χ0v) is 16.6. The van der Waals surface area contributed by atoms with Crippen molar-refractivity contribution in [3.05, 3.63) is 42.2 Å². The van der Waals surface area contributed by atoms with Crippen molar-refractivity contribution in [2.24, 2.45) is 0 Å². The van der Waals surface area contributed by atoms with Gasteiger partial charge in [0.15, 0.2) is 0 Å². The molecular weight excluding hydrogens is 368 g/mol. The van der Waals surface area contributed by atoms with Crippen LogP contribution in [0.15, 0.2) is 36.7 Å². The number of hydrogen-bond donors (Lipinski definition) is 1. The zero-order chi connectivity index (χ0) is 19.4. The largest absolute Gasteiger partial charge is 0.497 e. The second kappa shape index (κ2) is 8.28. The maximum Gasteiger partial charge on any atom is 0.229 e. The Labute approximate surface area is 160 Å². The first kappa shape index (κ1) is 19.7. The molecule has 1 N–H and O–H groups in total. The third kappa shape index (κ3) is 5.21. The molecule has 0 aliphatic carbocycles. The number of aromatic nitrogens is 2. The highest BCUT2D eigenvalue weighted by Gasteiger charge is 2.33. The molecule has 9 heteroatoms. The van der Waals surface area contributed by atoms with Crippen LogP contribution in [-0.2, 0) is 21.3 Å². The third-order valence-electron chi connectivity index (χ3n) is 4.69. The molecule has 0 unspecified atom stereocenters. The second-order valence-electron chi connectivity index (χ2n) is 6.86. The molecule has 0 bridgehead atoms. The molecule has 27 heavy (non-hydrogen) atoms. The lowest BCUT2D eigenvalue weighted by Gasteiger charge is -2.23. The predicted molar refractivity (Wildman–Crippen MR) is 103 cm³/mol. The Balaban J connectivity index is 1.70. The first-order valence-corrected chi connectivity index (χ1v) is 10.6. The third-order valence-corrected chi connectivity index (χ3v) is 5.29. The molecular formula is C18H26N4O4S. The first-order valence-electron chi connectivity index (χ1n) is 8.76. The second-order valence-corrected chi connectivity index (χ2v) is 8.61. The topological polar surface area (TPSA) is 85.7 Å². The van der Waals surface area contributed by atoms with E-state index in [0.717, 1.165) is 31.5 Å². The number of likely N-dealkylation sites (tertiary alicyclic amines) is 1. The number of anilines is 1. The summed E-state index contributed by atoms with van der Waals surface area (Å²) in [5.41, 5.74) is 1.69. The molecule has 0 saturated carbocycles. The van der Waals surface area contributed by atoms with Crippen LogP contribution in [-0.4, -0.2) is 62.8 Å². The van der Waals surface area contributed by atoms with Crippen LogP contribution in [0.2, 0.25) is 0 Å². The van der Waals surface area contributed by atoms with E-state index in [4.69, 9.17) is 9.47 Å². The van der Waals surface area contributed by atoms with Gasteiger partial charge in [-0.1, -0.05) is 12.1 Å². The maximum atomic E-state index is 11.4. The van der Waals surface area contributed by atoms with Gasteiger partial charge in [0.2, 0.25) is 10.0 Å². The predicted octanol–water partition coefficient (Wildman–Crippen LogP) is 1.73. The van der Waals surface area contributed by atoms with Crippen LogP contribution >= 0.6 is 0 Å². The first-order chi connectivity index (χ1) is 12.9. The van der Waals surface area contributed by atoms with Crippen LogP contribution in [0.25, 0.3) is 0 Å². The Kier molecular flexibility index (Phi) is 6.03. The van der Waals surface area contributed by atoms with E-state index in [-0.39, 0.29) is 12.1 Å². The van der Waals surface area contributed by atoms with E-state index in [1.165, 1.54) is 5.56 Å². The maximum absolute atomic E-state index is 11.4. The molecule has 2 heterocycles. The van der Waals surface area contributed by atoms with Crippen molar-refractivity contribution in [1.29, 1.82) is 0 Å². The van der Waals surface area contributed by atoms with Crippen molar-refractivity contribution in [1.82, 2.24) is 14.7 Å². The van der Waals surface area contributed by atoms with Gasteiger partial charge in [0.1, 0.15) is 5.75 Å². The summed E-state index contributed by atoms with van der Waals surface area (Å²) in [7, 11) is 0.0597. The number of ether oxygens (including phenoxy) is 2. The molecule has 8 nitrogen and oxygen atoms in total. The minimum Gasteiger partial charge on any atom is -0.497 e. The Morgan fingerprint density at radius 1 is 1.26 bits per heavy atom. The van der Waals surface area contributed by atoms with Gasteiger partial charge in [-0.2, -0.15) is 5.10 Å². The van der Waals surface area contributed by atoms with Crippen molar-refractivity contribution in [3.63, 3.8) is 0 Å². The van der Waals surface area contributed by atoms with E-state index >= 15 is 0 Å². The van der Waals surface area contributed by atoms with E-state index < -0.39 is 10.0 Å². The molecule has 0 spiro atoms. The molecule has 1 aliphatic heterocycles. The smallest absolute Gasteiger partial charge is 0.229 e. The van der Waals surface area contributed by atoms with Gasteiger partial charge < -0.3 is 9.47 Å². The Morgan fingerprint density at radius 2 is 2.00 bits per heavy atom. The number of sulfonamides is 1. The molecule has 1 saturated heterocycles. The molecule has 2 aromatic rings. The minimum atomic E-state index is -3.31. The van der Waals surface area contributed by atoms with E-state index in [2.05, 4.69) is 26.9 Å². The van der Waals surface area contributed by atoms with Crippen LogP contribution in [0.5, 0.6) is 5.75 Å². The number of methoxy groups -OCH3 is 2. The summed E-state index contributed by atoms with van der Waals surface area (Å²) in [4.78, 5) is 2.38. The standard InChI is InChI=1S/C18H26N4O4S/c1-25-13-17-8-16(22-11-15(9-19-22)20-27(3,23)24)12-21(17)10-14-4-6-18(26-2)7-5-14/h4-7,9,11,16-17,20H,8,10,12-13H2,1-3H3/t16-,17-/m0/s1. The van der Waals surface area contributed by atoms with Crippen LogP contribution < -0.4 is 9.46 Å². The molecule has 3 rings (SSSR count). The van der Waals surface area contributed by atoms with Crippen LogP contribution in [0.4, 0.5) is 5.69 Å². The van der Waals surface area contributed by atoms with E-state index in [0.29, 0.717) is 12.3 Å². The van der Waals surface area contributed by atoms with Crippen molar-refractivity contribution in [2.75, 3.05) is 38.3 Å². The average molecular weight is 394 g/mol. The Bertz CT molecular complexity index is 851. The fourth-order valence-corrected chi connectivity index (χ4v) is 4.01. The van der Waals surface area contributed by atoms with Gasteiger partial charge in [-0.05, 0) is 24.1 Å². The fraction of sp³-hybridized carbons (Fsp3) is 0.500. The van der Waals surface area contributed by atoms with Gasteiger partial charge in [-0.15, -0.1) is 0 Å². The molecule has 2 atom stereocenters. The van der Waals surface area contributed by atoms with Gasteiger partial charge >= 0.3 is 0 Å². The lowest BCUT2D eigenvalue weighted by Crippen LogP contribution is -2.32. The summed E-state index contributed by atoms with van der Waals surface area (Å²) in [6.07, 6.45) is 5.31. The van der Waals surface area contributed by atoms with E-state index in [1.807, 2.05) is 16.8 Å².